The quantitative estimate of drug-likeness (QED) is 0.439. The Bertz CT molecular complexity index is 1410. The topological polar surface area (TPSA) is 118 Å². The van der Waals surface area contributed by atoms with Crippen LogP contribution in [0.4, 0.5) is 4.79 Å². The fourth-order valence-corrected chi connectivity index (χ4v) is 7.24. The van der Waals surface area contributed by atoms with Gasteiger partial charge < -0.3 is 15.0 Å². The number of alkyl carbamates (subject to hydrolysis) is 1. The van der Waals surface area contributed by atoms with Crippen LogP contribution in [-0.2, 0) is 27.9 Å². The van der Waals surface area contributed by atoms with Crippen LogP contribution in [0.15, 0.2) is 23.0 Å². The minimum atomic E-state index is -0.664. The smallest absolute Gasteiger partial charge is 0.407 e. The van der Waals surface area contributed by atoms with Gasteiger partial charge >= 0.3 is 11.8 Å². The van der Waals surface area contributed by atoms with E-state index in [0.29, 0.717) is 18.3 Å². The third kappa shape index (κ3) is 7.90. The van der Waals surface area contributed by atoms with Gasteiger partial charge in [-0.3, -0.25) is 28.9 Å². The lowest BCUT2D eigenvalue weighted by molar-refractivity contribution is -0.135. The highest BCUT2D eigenvalue weighted by Crippen LogP contribution is 2.28. The molecule has 1 aromatic carbocycles. The van der Waals surface area contributed by atoms with Crippen molar-refractivity contribution in [3.05, 3.63) is 34.2 Å². The number of imidazole rings is 1. The number of aromatic nitrogens is 2. The summed E-state index contributed by atoms with van der Waals surface area (Å²) < 4.78 is 8.56. The first-order chi connectivity index (χ1) is 20.9. The molecule has 242 valence electrons. The van der Waals surface area contributed by atoms with E-state index in [1.165, 1.54) is 17.4 Å². The van der Waals surface area contributed by atoms with Gasteiger partial charge in [0, 0.05) is 39.1 Å². The number of carbonyl (C=O) groups is 3. The molecule has 1 aliphatic carbocycles. The zero-order valence-electron chi connectivity index (χ0n) is 27.1. The van der Waals surface area contributed by atoms with E-state index in [1.54, 1.807) is 11.6 Å². The van der Waals surface area contributed by atoms with Gasteiger partial charge in [0.25, 0.3) is 0 Å². The number of imide groups is 1. The van der Waals surface area contributed by atoms with Gasteiger partial charge in [-0.25, -0.2) is 9.59 Å². The fourth-order valence-electron chi connectivity index (χ4n) is 7.24. The number of nitrogens with one attached hydrogen (secondary N) is 2. The molecule has 11 nitrogen and oxygen atoms in total. The Morgan fingerprint density at radius 2 is 1.64 bits per heavy atom. The molecule has 1 atom stereocenters. The van der Waals surface area contributed by atoms with Crippen LogP contribution in [0.5, 0.6) is 0 Å². The summed E-state index contributed by atoms with van der Waals surface area (Å²) in [5.41, 5.74) is 1.99. The summed E-state index contributed by atoms with van der Waals surface area (Å²) in [4.78, 5) is 54.3. The predicted octanol–water partition coefficient (Wildman–Crippen LogP) is 3.55. The van der Waals surface area contributed by atoms with Crippen LogP contribution >= 0.6 is 0 Å². The number of ether oxygens (including phenoxy) is 1. The standard InChI is InChI=1S/C33H50N6O5/c1-33(2,3)44-31(42)34-25-9-6-22(7-10-25)19-36(4)20-23-14-16-38(17-15-23)21-24-8-11-26-28(18-24)37(5)32(43)39(26)27-12-13-29(40)35-30(27)41/h8,11,18,22-23,25,27H,6-7,9-10,12-17,19-21H2,1-5H3,(H,34,42)(H,35,40,41). The molecular formula is C33H50N6O5. The molecule has 0 spiro atoms. The Hall–Kier alpha value is -3.18. The number of hydrogen-bond donors (Lipinski definition) is 2. The molecular weight excluding hydrogens is 560 g/mol. The van der Waals surface area contributed by atoms with E-state index in [4.69, 9.17) is 4.74 Å². The number of rotatable bonds is 8. The van der Waals surface area contributed by atoms with Crippen LogP contribution in [0.1, 0.15) is 83.7 Å². The van der Waals surface area contributed by atoms with E-state index < -0.39 is 17.6 Å². The highest BCUT2D eigenvalue weighted by atomic mass is 16.6. The van der Waals surface area contributed by atoms with Gasteiger partial charge in [-0.05, 0) is 115 Å². The van der Waals surface area contributed by atoms with Crippen molar-refractivity contribution >= 4 is 28.9 Å². The maximum atomic E-state index is 13.1. The molecule has 1 aromatic heterocycles. The maximum Gasteiger partial charge on any atom is 0.407 e. The average molecular weight is 611 g/mol. The van der Waals surface area contributed by atoms with Gasteiger partial charge in [0.1, 0.15) is 11.6 Å². The molecule has 0 radical (unpaired) electrons. The molecule has 44 heavy (non-hydrogen) atoms. The number of nitrogens with zero attached hydrogens (tertiary/aromatic N) is 4. The lowest BCUT2D eigenvalue weighted by atomic mass is 9.85. The van der Waals surface area contributed by atoms with Crippen molar-refractivity contribution in [1.82, 2.24) is 29.6 Å². The molecule has 5 rings (SSSR count). The monoisotopic (exact) mass is 610 g/mol. The van der Waals surface area contributed by atoms with Gasteiger partial charge in [-0.2, -0.15) is 0 Å². The largest absolute Gasteiger partial charge is 0.444 e. The number of benzene rings is 1. The first kappa shape index (κ1) is 32.2. The van der Waals surface area contributed by atoms with Crippen molar-refractivity contribution in [2.45, 2.75) is 96.4 Å². The van der Waals surface area contributed by atoms with E-state index in [1.807, 2.05) is 26.8 Å². The molecule has 2 N–H and O–H groups in total. The van der Waals surface area contributed by atoms with Crippen molar-refractivity contribution in [1.29, 1.82) is 0 Å². The lowest BCUT2D eigenvalue weighted by Crippen LogP contribution is -2.44. The maximum absolute atomic E-state index is 13.1. The first-order valence-corrected chi connectivity index (χ1v) is 16.3. The summed E-state index contributed by atoms with van der Waals surface area (Å²) in [6, 6.07) is 5.62. The minimum absolute atomic E-state index is 0.214. The fraction of sp³-hybridized carbons (Fsp3) is 0.697. The van der Waals surface area contributed by atoms with Crippen molar-refractivity contribution < 1.29 is 19.1 Å². The van der Waals surface area contributed by atoms with Crippen LogP contribution in [0.2, 0.25) is 0 Å². The van der Waals surface area contributed by atoms with Gasteiger partial charge in [0.05, 0.1) is 11.0 Å². The van der Waals surface area contributed by atoms with Crippen molar-refractivity contribution in [2.75, 3.05) is 33.2 Å². The van der Waals surface area contributed by atoms with Crippen LogP contribution in [0.25, 0.3) is 11.0 Å². The second-order valence-electron chi connectivity index (χ2n) is 14.3. The first-order valence-electron chi connectivity index (χ1n) is 16.3. The molecule has 2 aromatic rings. The molecule has 3 amide bonds. The van der Waals surface area contributed by atoms with Crippen LogP contribution in [0.3, 0.4) is 0 Å². The zero-order chi connectivity index (χ0) is 31.6. The van der Waals surface area contributed by atoms with E-state index in [2.05, 4.69) is 39.6 Å². The van der Waals surface area contributed by atoms with Crippen LogP contribution < -0.4 is 16.3 Å². The normalized spacial score (nSPS) is 24.1. The summed E-state index contributed by atoms with van der Waals surface area (Å²) in [5, 5.41) is 5.42. The molecule has 11 heteroatoms. The lowest BCUT2D eigenvalue weighted by Gasteiger charge is -2.36. The Morgan fingerprint density at radius 3 is 2.27 bits per heavy atom. The van der Waals surface area contributed by atoms with Crippen molar-refractivity contribution in [3.8, 4) is 0 Å². The molecule has 3 aliphatic rings. The summed E-state index contributed by atoms with van der Waals surface area (Å²) in [6.07, 6.45) is 6.90. The van der Waals surface area contributed by atoms with E-state index >= 15 is 0 Å². The third-order valence-electron chi connectivity index (χ3n) is 9.50. The molecule has 2 aliphatic heterocycles. The minimum Gasteiger partial charge on any atom is -0.444 e. The molecule has 2 saturated heterocycles. The molecule has 3 heterocycles. The SMILES string of the molecule is CN(CC1CCC(NC(=O)OC(C)(C)C)CC1)CC1CCN(Cc2ccc3c(c2)n(C)c(=O)n3C2CCC(=O)NC2=O)CC1. The van der Waals surface area contributed by atoms with Crippen LogP contribution in [0, 0.1) is 11.8 Å². The third-order valence-corrected chi connectivity index (χ3v) is 9.50. The van der Waals surface area contributed by atoms with E-state index in [9.17, 15) is 19.2 Å². The van der Waals surface area contributed by atoms with Gasteiger partial charge in [-0.1, -0.05) is 6.07 Å². The van der Waals surface area contributed by atoms with Gasteiger partial charge in [0.15, 0.2) is 0 Å². The number of piperidine rings is 2. The second kappa shape index (κ2) is 13.4. The predicted molar refractivity (Wildman–Crippen MR) is 169 cm³/mol. The average Bonchev–Trinajstić information content (AvgIpc) is 3.19. The number of hydrogen-bond acceptors (Lipinski definition) is 7. The number of fused-ring (bicyclic) bond motifs is 1. The Morgan fingerprint density at radius 1 is 0.977 bits per heavy atom. The summed E-state index contributed by atoms with van der Waals surface area (Å²) in [5.74, 6) is 0.666. The van der Waals surface area contributed by atoms with Gasteiger partial charge in [-0.15, -0.1) is 0 Å². The number of aryl methyl sites for hydroxylation is 1. The van der Waals surface area contributed by atoms with E-state index in [0.717, 1.165) is 75.0 Å². The van der Waals surface area contributed by atoms with E-state index in [-0.39, 0.29) is 30.2 Å². The Balaban J connectivity index is 1.06. The summed E-state index contributed by atoms with van der Waals surface area (Å²) >= 11 is 0. The zero-order valence-corrected chi connectivity index (χ0v) is 27.1. The number of amides is 3. The molecule has 3 fully saturated rings. The summed E-state index contributed by atoms with van der Waals surface area (Å²) in [6.45, 7) is 10.8. The molecule has 1 saturated carbocycles. The summed E-state index contributed by atoms with van der Waals surface area (Å²) in [7, 11) is 3.99. The van der Waals surface area contributed by atoms with Crippen molar-refractivity contribution in [2.24, 2.45) is 18.9 Å². The van der Waals surface area contributed by atoms with Crippen molar-refractivity contribution in [3.63, 3.8) is 0 Å². The van der Waals surface area contributed by atoms with Crippen LogP contribution in [-0.4, -0.2) is 81.7 Å². The highest BCUT2D eigenvalue weighted by molar-refractivity contribution is 6.00. The molecule has 0 bridgehead atoms. The van der Waals surface area contributed by atoms with Gasteiger partial charge in [0.2, 0.25) is 11.8 Å². The Kier molecular flexibility index (Phi) is 9.84. The highest BCUT2D eigenvalue weighted by Gasteiger charge is 2.32. The number of likely N-dealkylation sites (tertiary alicyclic amines) is 1. The number of carbonyl (C=O) groups excluding carboxylic acids is 3. The molecule has 1 unspecified atom stereocenters. The second-order valence-corrected chi connectivity index (χ2v) is 14.3. The Labute approximate surface area is 260 Å².